The SMILES string of the molecule is CC(C)[C@H]1OC(=O)[C@H](Cc2ccc(O)cc2)N(C)C(=O)[C@@H](C(C)C)OC(=O)[C@H](Cc2ccccc2)N(C)C(=O)[C@@H](C(C)C)OC(=O)[C@H](Cc2ccccc2)N(C)C1=O. The second-order valence-electron chi connectivity index (χ2n) is 15.9. The molecule has 13 heteroatoms. The minimum absolute atomic E-state index is 0.00226. The Morgan fingerprint density at radius 3 is 0.966 bits per heavy atom. The van der Waals surface area contributed by atoms with Gasteiger partial charge in [0.05, 0.1) is 0 Å². The molecule has 4 rings (SSSR count). The summed E-state index contributed by atoms with van der Waals surface area (Å²) in [6, 6.07) is 20.2. The van der Waals surface area contributed by atoms with E-state index in [1.165, 1.54) is 43.1 Å². The van der Waals surface area contributed by atoms with E-state index in [1.807, 2.05) is 12.1 Å². The first-order valence-corrected chi connectivity index (χ1v) is 19.7. The van der Waals surface area contributed by atoms with Crippen LogP contribution in [0, 0.1) is 17.8 Å². The van der Waals surface area contributed by atoms with Crippen LogP contribution in [0.15, 0.2) is 84.9 Å². The van der Waals surface area contributed by atoms with Crippen molar-refractivity contribution in [2.45, 2.75) is 97.2 Å². The van der Waals surface area contributed by atoms with Gasteiger partial charge >= 0.3 is 17.9 Å². The van der Waals surface area contributed by atoms with Gasteiger partial charge in [-0.3, -0.25) is 14.4 Å². The summed E-state index contributed by atoms with van der Waals surface area (Å²) >= 11 is 0. The molecule has 0 radical (unpaired) electrons. The number of aromatic hydroxyl groups is 1. The van der Waals surface area contributed by atoms with E-state index < -0.39 is 89.8 Å². The normalized spacial score (nSPS) is 23.5. The number of likely N-dealkylation sites (N-methyl/N-ethyl adjacent to an activating group) is 3. The average molecular weight is 800 g/mol. The smallest absolute Gasteiger partial charge is 0.329 e. The molecule has 58 heavy (non-hydrogen) atoms. The number of phenols is 1. The molecule has 1 heterocycles. The first kappa shape index (κ1) is 45.0. The molecular weight excluding hydrogens is 743 g/mol. The van der Waals surface area contributed by atoms with Crippen molar-refractivity contribution in [3.05, 3.63) is 102 Å². The van der Waals surface area contributed by atoms with E-state index in [2.05, 4.69) is 0 Å². The Labute approximate surface area is 341 Å². The standard InChI is InChI=1S/C45H57N3O10/c1-27(2)37-40(50)46(7)35(25-31-18-14-11-15-19-31)44(54)57-39(29(5)6)42(52)48(9)36(26-32-20-22-33(49)23-21-32)45(55)58-38(28(3)4)41(51)47(8)34(43(53)56-37)24-30-16-12-10-13-17-30/h10-23,27-29,34-39,49H,24-26H2,1-9H3/t34-,35-,36-,37+,38+,39+/m0/s1. The number of nitrogens with zero attached hydrogens (tertiary/aromatic N) is 3. The van der Waals surface area contributed by atoms with E-state index >= 15 is 0 Å². The van der Waals surface area contributed by atoms with Crippen LogP contribution in [0.1, 0.15) is 58.2 Å². The first-order chi connectivity index (χ1) is 27.4. The van der Waals surface area contributed by atoms with E-state index in [1.54, 1.807) is 102 Å². The van der Waals surface area contributed by atoms with Crippen molar-refractivity contribution in [1.29, 1.82) is 0 Å². The molecule has 0 saturated carbocycles. The molecule has 13 nitrogen and oxygen atoms in total. The highest BCUT2D eigenvalue weighted by atomic mass is 16.6. The predicted octanol–water partition coefficient (Wildman–Crippen LogP) is 4.62. The summed E-state index contributed by atoms with van der Waals surface area (Å²) in [4.78, 5) is 89.9. The highest BCUT2D eigenvalue weighted by Gasteiger charge is 2.44. The van der Waals surface area contributed by atoms with Crippen LogP contribution in [0.4, 0.5) is 0 Å². The molecular formula is C45H57N3O10. The van der Waals surface area contributed by atoms with Crippen molar-refractivity contribution >= 4 is 35.6 Å². The van der Waals surface area contributed by atoms with E-state index in [0.29, 0.717) is 16.7 Å². The number of ether oxygens (including phenoxy) is 3. The molecule has 0 bridgehead atoms. The monoisotopic (exact) mass is 799 g/mol. The van der Waals surface area contributed by atoms with Gasteiger partial charge in [-0.2, -0.15) is 0 Å². The fraction of sp³-hybridized carbons (Fsp3) is 0.467. The van der Waals surface area contributed by atoms with Crippen LogP contribution < -0.4 is 0 Å². The number of cyclic esters (lactones) is 3. The number of carbonyl (C=O) groups excluding carboxylic acids is 6. The topological polar surface area (TPSA) is 160 Å². The van der Waals surface area contributed by atoms with E-state index in [-0.39, 0.29) is 25.0 Å². The summed E-state index contributed by atoms with van der Waals surface area (Å²) in [5.74, 6) is -6.47. The maximum Gasteiger partial charge on any atom is 0.329 e. The zero-order valence-corrected chi connectivity index (χ0v) is 34.9. The minimum atomic E-state index is -1.40. The molecule has 0 spiro atoms. The van der Waals surface area contributed by atoms with Gasteiger partial charge in [-0.25, -0.2) is 14.4 Å². The van der Waals surface area contributed by atoms with Crippen LogP contribution in [-0.2, 0) is 62.2 Å². The van der Waals surface area contributed by atoms with Gasteiger partial charge < -0.3 is 34.0 Å². The Morgan fingerprint density at radius 2 is 0.707 bits per heavy atom. The van der Waals surface area contributed by atoms with Gasteiger partial charge in [-0.15, -0.1) is 0 Å². The highest BCUT2D eigenvalue weighted by molar-refractivity contribution is 5.94. The van der Waals surface area contributed by atoms with E-state index in [9.17, 15) is 33.9 Å². The van der Waals surface area contributed by atoms with Gasteiger partial charge in [0.25, 0.3) is 17.7 Å². The zero-order valence-electron chi connectivity index (χ0n) is 34.9. The summed E-state index contributed by atoms with van der Waals surface area (Å²) in [5.41, 5.74) is 1.97. The fourth-order valence-electron chi connectivity index (χ4n) is 6.75. The maximum absolute atomic E-state index is 14.5. The van der Waals surface area contributed by atoms with Gasteiger partial charge in [-0.1, -0.05) is 114 Å². The number of esters is 3. The minimum Gasteiger partial charge on any atom is -0.508 e. The Morgan fingerprint density at radius 1 is 0.448 bits per heavy atom. The number of rotatable bonds is 9. The number of carbonyl (C=O) groups is 6. The summed E-state index contributed by atoms with van der Waals surface area (Å²) in [6.07, 6.45) is -4.25. The number of hydrogen-bond donors (Lipinski definition) is 1. The zero-order chi connectivity index (χ0) is 42.8. The van der Waals surface area contributed by atoms with Crippen molar-refractivity contribution in [2.24, 2.45) is 17.8 Å². The van der Waals surface area contributed by atoms with Crippen LogP contribution in [0.5, 0.6) is 5.75 Å². The largest absolute Gasteiger partial charge is 0.508 e. The molecule has 0 aliphatic carbocycles. The number of hydrogen-bond acceptors (Lipinski definition) is 10. The number of phenolic OH excluding ortho intramolecular Hbond substituents is 1. The second-order valence-corrected chi connectivity index (χ2v) is 15.9. The van der Waals surface area contributed by atoms with Gasteiger partial charge in [0.1, 0.15) is 23.9 Å². The van der Waals surface area contributed by atoms with Crippen LogP contribution in [-0.4, -0.2) is 113 Å². The van der Waals surface area contributed by atoms with Gasteiger partial charge in [-0.05, 0) is 46.6 Å². The molecule has 6 atom stereocenters. The van der Waals surface area contributed by atoms with Crippen LogP contribution >= 0.6 is 0 Å². The molecule has 0 unspecified atom stereocenters. The molecule has 1 fully saturated rings. The molecule has 0 aromatic heterocycles. The predicted molar refractivity (Wildman–Crippen MR) is 216 cm³/mol. The Balaban J connectivity index is 1.89. The molecule has 3 aromatic carbocycles. The van der Waals surface area contributed by atoms with Crippen molar-refractivity contribution in [1.82, 2.24) is 14.7 Å². The quantitative estimate of drug-likeness (QED) is 0.239. The highest BCUT2D eigenvalue weighted by Crippen LogP contribution is 2.24. The second kappa shape index (κ2) is 20.1. The molecule has 3 amide bonds. The molecule has 3 aromatic rings. The average Bonchev–Trinajstić information content (AvgIpc) is 3.20. The number of benzene rings is 3. The summed E-state index contributed by atoms with van der Waals surface area (Å²) in [7, 11) is 4.23. The van der Waals surface area contributed by atoms with E-state index in [4.69, 9.17) is 14.2 Å². The molecule has 312 valence electrons. The summed E-state index contributed by atoms with van der Waals surface area (Å²) in [6.45, 7) is 10.2. The molecule has 1 aliphatic rings. The van der Waals surface area contributed by atoms with Crippen LogP contribution in [0.2, 0.25) is 0 Å². The third-order valence-electron chi connectivity index (χ3n) is 10.4. The lowest BCUT2D eigenvalue weighted by molar-refractivity contribution is -0.179. The van der Waals surface area contributed by atoms with Crippen LogP contribution in [0.3, 0.4) is 0 Å². The molecule has 1 N–H and O–H groups in total. The van der Waals surface area contributed by atoms with Crippen LogP contribution in [0.25, 0.3) is 0 Å². The molecule has 1 aliphatic heterocycles. The lowest BCUT2D eigenvalue weighted by Crippen LogP contribution is -2.56. The number of amides is 3. The van der Waals surface area contributed by atoms with Crippen molar-refractivity contribution in [3.63, 3.8) is 0 Å². The summed E-state index contributed by atoms with van der Waals surface area (Å²) in [5, 5.41) is 9.94. The van der Waals surface area contributed by atoms with Crippen molar-refractivity contribution in [2.75, 3.05) is 21.1 Å². The maximum atomic E-state index is 14.5. The fourth-order valence-corrected chi connectivity index (χ4v) is 6.75. The Bertz CT molecular complexity index is 1840. The van der Waals surface area contributed by atoms with Crippen molar-refractivity contribution < 1.29 is 48.1 Å². The summed E-state index contributed by atoms with van der Waals surface area (Å²) < 4.78 is 18.0. The van der Waals surface area contributed by atoms with Gasteiger partial charge in [0, 0.05) is 40.4 Å². The first-order valence-electron chi connectivity index (χ1n) is 19.7. The van der Waals surface area contributed by atoms with E-state index in [0.717, 1.165) is 4.90 Å². The third-order valence-corrected chi connectivity index (χ3v) is 10.4. The van der Waals surface area contributed by atoms with Gasteiger partial charge in [0.15, 0.2) is 18.3 Å². The Hall–Kier alpha value is -5.72. The van der Waals surface area contributed by atoms with Gasteiger partial charge in [0.2, 0.25) is 0 Å². The lowest BCUT2D eigenvalue weighted by Gasteiger charge is -2.37. The molecule has 1 saturated heterocycles. The third kappa shape index (κ3) is 11.2. The lowest BCUT2D eigenvalue weighted by atomic mass is 9.99. The Kier molecular flexibility index (Phi) is 15.6. The van der Waals surface area contributed by atoms with Crippen molar-refractivity contribution in [3.8, 4) is 5.75 Å².